The predicted octanol–water partition coefficient (Wildman–Crippen LogP) is 5.99. The first kappa shape index (κ1) is 18.2. The van der Waals surface area contributed by atoms with E-state index in [1.807, 2.05) is 48.5 Å². The van der Waals surface area contributed by atoms with Crippen LogP contribution in [-0.4, -0.2) is 19.9 Å². The lowest BCUT2D eigenvalue weighted by Gasteiger charge is -2.25. The van der Waals surface area contributed by atoms with Crippen molar-refractivity contribution in [3.63, 3.8) is 0 Å². The van der Waals surface area contributed by atoms with E-state index in [0.717, 1.165) is 46.6 Å². The SMILES string of the molecule is c1ccc(-c2cc(CSc3nnc(-c4ccco4)n3C3CCCCC3)on2)cc1. The maximum absolute atomic E-state index is 5.62. The second-order valence-electron chi connectivity index (χ2n) is 7.28. The smallest absolute Gasteiger partial charge is 0.200 e. The van der Waals surface area contributed by atoms with Gasteiger partial charge in [0.15, 0.2) is 10.9 Å². The van der Waals surface area contributed by atoms with Gasteiger partial charge < -0.3 is 8.94 Å². The summed E-state index contributed by atoms with van der Waals surface area (Å²) < 4.78 is 13.4. The van der Waals surface area contributed by atoms with Crippen LogP contribution in [0.4, 0.5) is 0 Å². The van der Waals surface area contributed by atoms with Gasteiger partial charge in [0.2, 0.25) is 5.82 Å². The molecule has 1 saturated carbocycles. The minimum Gasteiger partial charge on any atom is -0.461 e. The Morgan fingerprint density at radius 2 is 1.86 bits per heavy atom. The number of rotatable bonds is 6. The summed E-state index contributed by atoms with van der Waals surface area (Å²) in [4.78, 5) is 0. The van der Waals surface area contributed by atoms with Crippen molar-refractivity contribution in [3.8, 4) is 22.8 Å². The van der Waals surface area contributed by atoms with E-state index in [2.05, 4.69) is 19.9 Å². The van der Waals surface area contributed by atoms with Crippen molar-refractivity contribution in [1.29, 1.82) is 0 Å². The molecule has 4 aromatic rings. The number of benzene rings is 1. The Balaban J connectivity index is 1.38. The van der Waals surface area contributed by atoms with E-state index >= 15 is 0 Å². The molecule has 0 atom stereocenters. The van der Waals surface area contributed by atoms with Gasteiger partial charge in [0.1, 0.15) is 11.5 Å². The van der Waals surface area contributed by atoms with Crippen LogP contribution in [0.15, 0.2) is 68.9 Å². The summed E-state index contributed by atoms with van der Waals surface area (Å²) >= 11 is 1.63. The lowest BCUT2D eigenvalue weighted by atomic mass is 9.95. The van der Waals surface area contributed by atoms with Crippen LogP contribution in [0.3, 0.4) is 0 Å². The van der Waals surface area contributed by atoms with Crippen LogP contribution >= 0.6 is 11.8 Å². The van der Waals surface area contributed by atoms with Crippen molar-refractivity contribution >= 4 is 11.8 Å². The summed E-state index contributed by atoms with van der Waals surface area (Å²) in [6, 6.07) is 16.3. The molecule has 1 aromatic carbocycles. The van der Waals surface area contributed by atoms with Gasteiger partial charge in [-0.3, -0.25) is 4.57 Å². The zero-order valence-electron chi connectivity index (χ0n) is 16.0. The van der Waals surface area contributed by atoms with Gasteiger partial charge >= 0.3 is 0 Å². The first-order valence-electron chi connectivity index (χ1n) is 10.0. The minimum atomic E-state index is 0.413. The van der Waals surface area contributed by atoms with Crippen LogP contribution < -0.4 is 0 Å². The molecular formula is C22H22N4O2S. The van der Waals surface area contributed by atoms with Gasteiger partial charge in [0.25, 0.3) is 0 Å². The zero-order chi connectivity index (χ0) is 19.5. The fourth-order valence-corrected chi connectivity index (χ4v) is 4.76. The number of thioether (sulfide) groups is 1. The molecule has 0 N–H and O–H groups in total. The predicted molar refractivity (Wildman–Crippen MR) is 111 cm³/mol. The third-order valence-corrected chi connectivity index (χ3v) is 6.28. The van der Waals surface area contributed by atoms with E-state index in [4.69, 9.17) is 8.94 Å². The lowest BCUT2D eigenvalue weighted by Crippen LogP contribution is -2.15. The molecule has 0 radical (unpaired) electrons. The van der Waals surface area contributed by atoms with Crippen LogP contribution in [0.25, 0.3) is 22.8 Å². The van der Waals surface area contributed by atoms with Crippen LogP contribution in [0.5, 0.6) is 0 Å². The monoisotopic (exact) mass is 406 g/mol. The molecule has 0 saturated heterocycles. The van der Waals surface area contributed by atoms with Crippen LogP contribution in [-0.2, 0) is 5.75 Å². The molecule has 3 aromatic heterocycles. The van der Waals surface area contributed by atoms with Crippen LogP contribution in [0, 0.1) is 0 Å². The second-order valence-corrected chi connectivity index (χ2v) is 8.22. The Morgan fingerprint density at radius 1 is 1.00 bits per heavy atom. The average molecular weight is 407 g/mol. The maximum atomic E-state index is 5.62. The maximum Gasteiger partial charge on any atom is 0.200 e. The molecule has 1 aliphatic carbocycles. The number of hydrogen-bond donors (Lipinski definition) is 0. The van der Waals surface area contributed by atoms with Gasteiger partial charge in [-0.15, -0.1) is 10.2 Å². The molecule has 0 bridgehead atoms. The number of hydrogen-bond acceptors (Lipinski definition) is 6. The number of furan rings is 1. The molecule has 0 amide bonds. The molecule has 1 aliphatic rings. The van der Waals surface area contributed by atoms with Crippen molar-refractivity contribution in [1.82, 2.24) is 19.9 Å². The summed E-state index contributed by atoms with van der Waals surface area (Å²) in [5, 5.41) is 14.0. The molecule has 148 valence electrons. The molecule has 6 nitrogen and oxygen atoms in total. The molecule has 29 heavy (non-hydrogen) atoms. The zero-order valence-corrected chi connectivity index (χ0v) is 16.8. The Labute approximate surface area is 173 Å². The summed E-state index contributed by atoms with van der Waals surface area (Å²) in [7, 11) is 0. The largest absolute Gasteiger partial charge is 0.461 e. The van der Waals surface area contributed by atoms with Gasteiger partial charge in [-0.1, -0.05) is 66.5 Å². The number of aromatic nitrogens is 4. The normalized spacial score (nSPS) is 15.0. The van der Waals surface area contributed by atoms with Crippen LogP contribution in [0.1, 0.15) is 43.9 Å². The van der Waals surface area contributed by atoms with Crippen molar-refractivity contribution < 1.29 is 8.94 Å². The van der Waals surface area contributed by atoms with E-state index in [1.54, 1.807) is 18.0 Å². The molecule has 7 heteroatoms. The van der Waals surface area contributed by atoms with Crippen molar-refractivity contribution in [2.75, 3.05) is 0 Å². The molecule has 3 heterocycles. The van der Waals surface area contributed by atoms with Crippen molar-refractivity contribution in [2.45, 2.75) is 49.1 Å². The van der Waals surface area contributed by atoms with Crippen molar-refractivity contribution in [3.05, 3.63) is 60.6 Å². The van der Waals surface area contributed by atoms with Gasteiger partial charge in [0.05, 0.1) is 12.0 Å². The fraction of sp³-hybridized carbons (Fsp3) is 0.318. The summed E-state index contributed by atoms with van der Waals surface area (Å²) in [6.45, 7) is 0. The Bertz CT molecular complexity index is 1050. The first-order chi connectivity index (χ1) is 14.4. The van der Waals surface area contributed by atoms with E-state index in [9.17, 15) is 0 Å². The lowest BCUT2D eigenvalue weighted by molar-refractivity contribution is 0.337. The quantitative estimate of drug-likeness (QED) is 0.366. The van der Waals surface area contributed by atoms with Gasteiger partial charge in [0, 0.05) is 17.7 Å². The van der Waals surface area contributed by atoms with Crippen LogP contribution in [0.2, 0.25) is 0 Å². The van der Waals surface area contributed by atoms with E-state index < -0.39 is 0 Å². The van der Waals surface area contributed by atoms with Gasteiger partial charge in [-0.25, -0.2) is 0 Å². The summed E-state index contributed by atoms with van der Waals surface area (Å²) in [6.07, 6.45) is 7.78. The highest BCUT2D eigenvalue weighted by atomic mass is 32.2. The third kappa shape index (κ3) is 3.87. The summed E-state index contributed by atoms with van der Waals surface area (Å²) in [5.41, 5.74) is 1.91. The Morgan fingerprint density at radius 3 is 2.66 bits per heavy atom. The van der Waals surface area contributed by atoms with E-state index in [-0.39, 0.29) is 0 Å². The minimum absolute atomic E-state index is 0.413. The first-order valence-corrected chi connectivity index (χ1v) is 11.0. The van der Waals surface area contributed by atoms with Gasteiger partial charge in [-0.2, -0.15) is 0 Å². The van der Waals surface area contributed by atoms with Crippen molar-refractivity contribution in [2.24, 2.45) is 0 Å². The van der Waals surface area contributed by atoms with Gasteiger partial charge in [-0.05, 0) is 25.0 Å². The highest BCUT2D eigenvalue weighted by Gasteiger charge is 2.25. The standard InChI is InChI=1S/C22H22N4O2S/c1-3-8-16(9-4-1)19-14-18(28-25-19)15-29-22-24-23-21(20-12-7-13-27-20)26(22)17-10-5-2-6-11-17/h1,3-4,7-9,12-14,17H,2,5-6,10-11,15H2. The highest BCUT2D eigenvalue weighted by Crippen LogP contribution is 2.36. The molecule has 5 rings (SSSR count). The fourth-order valence-electron chi connectivity index (χ4n) is 3.88. The topological polar surface area (TPSA) is 69.9 Å². The Hall–Kier alpha value is -2.80. The summed E-state index contributed by atoms with van der Waals surface area (Å²) in [5.74, 6) is 3.06. The average Bonchev–Trinajstić information content (AvgIpc) is 3.54. The third-order valence-electron chi connectivity index (χ3n) is 5.32. The van der Waals surface area contributed by atoms with E-state index in [1.165, 1.54) is 19.3 Å². The molecule has 1 fully saturated rings. The molecule has 0 unspecified atom stereocenters. The Kier molecular flexibility index (Phi) is 5.21. The second kappa shape index (κ2) is 8.29. The molecule has 0 spiro atoms. The molecular weight excluding hydrogens is 384 g/mol. The number of nitrogens with zero attached hydrogens (tertiary/aromatic N) is 4. The highest BCUT2D eigenvalue weighted by molar-refractivity contribution is 7.98. The molecule has 0 aliphatic heterocycles. The van der Waals surface area contributed by atoms with E-state index in [0.29, 0.717) is 11.8 Å².